The largest absolute Gasteiger partial charge is 0.550 e. The lowest BCUT2D eigenvalue weighted by atomic mass is 10.1. The van der Waals surface area contributed by atoms with Gasteiger partial charge in [0, 0.05) is 44.8 Å². The highest BCUT2D eigenvalue weighted by Crippen LogP contribution is 2.42. The summed E-state index contributed by atoms with van der Waals surface area (Å²) in [5, 5.41) is 11.2. The predicted octanol–water partition coefficient (Wildman–Crippen LogP) is 0.217. The van der Waals surface area contributed by atoms with Gasteiger partial charge in [0.25, 0.3) is 0 Å². The maximum atomic E-state index is 15.5. The molecular formula is C25H33FN4O6. The molecule has 1 aromatic heterocycles. The topological polar surface area (TPSA) is 104 Å². The number of quaternary nitrogens is 1. The summed E-state index contributed by atoms with van der Waals surface area (Å²) in [6.45, 7) is 5.09. The van der Waals surface area contributed by atoms with Crippen molar-refractivity contribution in [1.82, 2.24) is 9.47 Å². The maximum Gasteiger partial charge on any atom is 0.344 e. The third kappa shape index (κ3) is 5.17. The number of benzene rings is 1. The average molecular weight is 505 g/mol. The molecule has 2 aliphatic rings. The van der Waals surface area contributed by atoms with E-state index in [4.69, 9.17) is 9.47 Å². The van der Waals surface area contributed by atoms with Crippen LogP contribution in [0.2, 0.25) is 0 Å². The molecule has 1 saturated heterocycles. The van der Waals surface area contributed by atoms with Crippen LogP contribution in [-0.2, 0) is 9.53 Å². The van der Waals surface area contributed by atoms with E-state index in [1.54, 1.807) is 4.57 Å². The third-order valence-corrected chi connectivity index (χ3v) is 6.60. The predicted molar refractivity (Wildman–Crippen MR) is 130 cm³/mol. The molecule has 1 aromatic carbocycles. The molecular weight excluding hydrogens is 471 g/mol. The number of ether oxygens (including phenoxy) is 2. The number of esters is 1. The highest BCUT2D eigenvalue weighted by molar-refractivity contribution is 5.98. The number of rotatable bonds is 7. The number of carboxylic acid groups (broad SMARTS) is 1. The molecule has 0 bridgehead atoms. The van der Waals surface area contributed by atoms with Crippen molar-refractivity contribution in [1.29, 1.82) is 0 Å². The van der Waals surface area contributed by atoms with Crippen LogP contribution in [0.4, 0.5) is 10.1 Å². The Morgan fingerprint density at radius 1 is 1.25 bits per heavy atom. The molecule has 1 fully saturated rings. The van der Waals surface area contributed by atoms with Crippen LogP contribution in [0.5, 0.6) is 5.75 Å². The number of halogens is 1. The lowest BCUT2D eigenvalue weighted by molar-refractivity contribution is -0.873. The zero-order chi connectivity index (χ0) is 26.4. The number of carbonyl (C=O) groups is 2. The van der Waals surface area contributed by atoms with Crippen molar-refractivity contribution in [2.24, 2.45) is 0 Å². The number of aliphatic carboxylic acids is 1. The molecule has 2 aliphatic heterocycles. The molecule has 0 radical (unpaired) electrons. The molecule has 0 aliphatic carbocycles. The summed E-state index contributed by atoms with van der Waals surface area (Å²) in [6.07, 6.45) is -0.0794. The second kappa shape index (κ2) is 9.70. The van der Waals surface area contributed by atoms with Crippen molar-refractivity contribution < 1.29 is 33.0 Å². The van der Waals surface area contributed by atoms with Crippen molar-refractivity contribution in [3.8, 4) is 5.75 Å². The number of anilines is 1. The van der Waals surface area contributed by atoms with Crippen molar-refractivity contribution in [3.05, 3.63) is 33.9 Å². The summed E-state index contributed by atoms with van der Waals surface area (Å²) in [5.41, 5.74) is -0.212. The Morgan fingerprint density at radius 2 is 1.92 bits per heavy atom. The first-order chi connectivity index (χ1) is 16.9. The average Bonchev–Trinajstić information content (AvgIpc) is 2.76. The Morgan fingerprint density at radius 3 is 2.53 bits per heavy atom. The number of aromatic nitrogens is 1. The Bertz CT molecular complexity index is 1250. The van der Waals surface area contributed by atoms with E-state index in [-0.39, 0.29) is 30.1 Å². The van der Waals surface area contributed by atoms with E-state index >= 15 is 4.39 Å². The van der Waals surface area contributed by atoms with Crippen LogP contribution in [0, 0.1) is 5.82 Å². The van der Waals surface area contributed by atoms with Gasteiger partial charge >= 0.3 is 5.97 Å². The van der Waals surface area contributed by atoms with E-state index in [0.29, 0.717) is 34.5 Å². The monoisotopic (exact) mass is 504 g/mol. The number of carboxylic acids is 1. The number of likely N-dealkylation sites (N-methyl/N-ethyl adjacent to an activating group) is 2. The number of hydrogen-bond acceptors (Lipinski definition) is 8. The number of piperazine rings is 1. The van der Waals surface area contributed by atoms with Gasteiger partial charge < -0.3 is 38.2 Å². The van der Waals surface area contributed by atoms with Gasteiger partial charge in [-0.25, -0.2) is 9.18 Å². The van der Waals surface area contributed by atoms with Gasteiger partial charge in [-0.2, -0.15) is 0 Å². The van der Waals surface area contributed by atoms with Gasteiger partial charge in [0.1, 0.15) is 24.4 Å². The number of hydrogen-bond donors (Lipinski definition) is 0. The van der Waals surface area contributed by atoms with Crippen molar-refractivity contribution in [2.75, 3.05) is 72.4 Å². The van der Waals surface area contributed by atoms with Crippen LogP contribution < -0.4 is 20.2 Å². The quantitative estimate of drug-likeness (QED) is 0.390. The second-order valence-corrected chi connectivity index (χ2v) is 10.7. The molecule has 3 heterocycles. The van der Waals surface area contributed by atoms with E-state index in [0.717, 1.165) is 19.2 Å². The highest BCUT2D eigenvalue weighted by Gasteiger charge is 2.32. The van der Waals surface area contributed by atoms with Gasteiger partial charge in [0.2, 0.25) is 5.43 Å². The SMILES string of the molecule is CC1COc2c(N3CCN(C)CC3)c(F)cc3c(=O)c(C(=O)OC(CC(=O)[O-])C[N+](C)(C)C)cn1c23. The van der Waals surface area contributed by atoms with E-state index in [1.165, 1.54) is 6.20 Å². The third-order valence-electron chi connectivity index (χ3n) is 6.60. The van der Waals surface area contributed by atoms with E-state index in [9.17, 15) is 19.5 Å². The first-order valence-electron chi connectivity index (χ1n) is 12.0. The second-order valence-electron chi connectivity index (χ2n) is 10.7. The van der Waals surface area contributed by atoms with Crippen molar-refractivity contribution >= 4 is 28.5 Å². The maximum absolute atomic E-state index is 15.5. The fourth-order valence-corrected chi connectivity index (χ4v) is 4.84. The van der Waals surface area contributed by atoms with Gasteiger partial charge in [0.05, 0.1) is 38.1 Å². The molecule has 0 amide bonds. The Labute approximate surface area is 209 Å². The van der Waals surface area contributed by atoms with E-state index in [1.807, 2.05) is 40.0 Å². The highest BCUT2D eigenvalue weighted by atomic mass is 19.1. The standard InChI is InChI=1S/C25H33FN4O6/c1-15-14-35-24-21-17(11-19(26)22(24)28-8-6-27(2)7-9-28)23(33)18(12-29(15)21)25(34)36-16(10-20(31)32)13-30(3,4)5/h11-12,15-16H,6-10,13-14H2,1-5H3. The molecule has 4 rings (SSSR count). The van der Waals surface area contributed by atoms with Crippen LogP contribution in [0.1, 0.15) is 29.7 Å². The van der Waals surface area contributed by atoms with Crippen LogP contribution in [0.15, 0.2) is 17.1 Å². The first-order valence-corrected chi connectivity index (χ1v) is 12.0. The van der Waals surface area contributed by atoms with Crippen molar-refractivity contribution in [3.63, 3.8) is 0 Å². The Hall–Kier alpha value is -3.18. The summed E-state index contributed by atoms with van der Waals surface area (Å²) < 4.78 is 29.0. The molecule has 0 saturated carbocycles. The number of carbonyl (C=O) groups excluding carboxylic acids is 2. The smallest absolute Gasteiger partial charge is 0.344 e. The molecule has 36 heavy (non-hydrogen) atoms. The van der Waals surface area contributed by atoms with Crippen LogP contribution in [-0.4, -0.2) is 99.5 Å². The minimum Gasteiger partial charge on any atom is -0.550 e. The van der Waals surface area contributed by atoms with Gasteiger partial charge in [-0.15, -0.1) is 0 Å². The normalized spacial score (nSPS) is 19.2. The molecule has 196 valence electrons. The Balaban J connectivity index is 1.78. The summed E-state index contributed by atoms with van der Waals surface area (Å²) in [7, 11) is 7.49. The molecule has 2 atom stereocenters. The lowest BCUT2D eigenvalue weighted by Crippen LogP contribution is -2.45. The van der Waals surface area contributed by atoms with Gasteiger partial charge in [-0.3, -0.25) is 4.79 Å². The molecule has 2 unspecified atom stereocenters. The molecule has 0 N–H and O–H groups in total. The Kier molecular flexibility index (Phi) is 6.98. The van der Waals surface area contributed by atoms with Gasteiger partial charge in [-0.05, 0) is 20.0 Å². The lowest BCUT2D eigenvalue weighted by Gasteiger charge is -2.37. The van der Waals surface area contributed by atoms with Gasteiger partial charge in [0.15, 0.2) is 17.7 Å². The number of pyridine rings is 1. The number of nitrogens with zero attached hydrogens (tertiary/aromatic N) is 4. The zero-order valence-electron chi connectivity index (χ0n) is 21.4. The molecule has 11 heteroatoms. The fraction of sp³-hybridized carbons (Fsp3) is 0.560. The van der Waals surface area contributed by atoms with E-state index in [2.05, 4.69) is 4.90 Å². The van der Waals surface area contributed by atoms with Crippen molar-refractivity contribution in [2.45, 2.75) is 25.5 Å². The molecule has 10 nitrogen and oxygen atoms in total. The summed E-state index contributed by atoms with van der Waals surface area (Å²) in [4.78, 5) is 41.8. The minimum absolute atomic E-state index is 0.0180. The molecule has 0 spiro atoms. The molecule has 2 aromatic rings. The fourth-order valence-electron chi connectivity index (χ4n) is 4.84. The van der Waals surface area contributed by atoms with Gasteiger partial charge in [-0.1, -0.05) is 0 Å². The minimum atomic E-state index is -1.36. The van der Waals surface area contributed by atoms with Crippen LogP contribution in [0.3, 0.4) is 0 Å². The zero-order valence-corrected chi connectivity index (χ0v) is 21.4. The first kappa shape index (κ1) is 25.9. The summed E-state index contributed by atoms with van der Waals surface area (Å²) in [6, 6.07) is 0.928. The summed E-state index contributed by atoms with van der Waals surface area (Å²) >= 11 is 0. The summed E-state index contributed by atoms with van der Waals surface area (Å²) in [5.74, 6) is -2.61. The van der Waals surface area contributed by atoms with Crippen LogP contribution >= 0.6 is 0 Å². The van der Waals surface area contributed by atoms with E-state index < -0.39 is 35.7 Å². The van der Waals surface area contributed by atoms with Crippen LogP contribution in [0.25, 0.3) is 10.9 Å².